The normalized spacial score (nSPS) is 11.1. The third-order valence-electron chi connectivity index (χ3n) is 3.84. The first-order valence-electron chi connectivity index (χ1n) is 6.77. The van der Waals surface area contributed by atoms with Crippen LogP contribution in [0.2, 0.25) is 5.02 Å². The van der Waals surface area contributed by atoms with E-state index in [9.17, 15) is 4.79 Å². The third kappa shape index (κ3) is 3.47. The van der Waals surface area contributed by atoms with E-state index in [1.54, 1.807) is 12.1 Å². The van der Waals surface area contributed by atoms with E-state index in [1.165, 1.54) is 7.11 Å². The molecule has 0 saturated heterocycles. The second kappa shape index (κ2) is 7.09. The van der Waals surface area contributed by atoms with Crippen molar-refractivity contribution in [1.82, 2.24) is 0 Å². The van der Waals surface area contributed by atoms with Crippen molar-refractivity contribution in [1.29, 1.82) is 0 Å². The number of carbonyl (C=O) groups is 1. The van der Waals surface area contributed by atoms with Gasteiger partial charge in [-0.1, -0.05) is 37.7 Å². The lowest BCUT2D eigenvalue weighted by Gasteiger charge is -2.29. The number of ether oxygens (including phenoxy) is 1. The summed E-state index contributed by atoms with van der Waals surface area (Å²) in [5, 5.41) is 3.44. The molecule has 0 heterocycles. The third-order valence-corrected chi connectivity index (χ3v) is 4.64. The molecule has 3 N–H and O–H groups in total. The van der Waals surface area contributed by atoms with Crippen molar-refractivity contribution in [2.24, 2.45) is 11.1 Å². The average molecular weight is 329 g/mol. The summed E-state index contributed by atoms with van der Waals surface area (Å²) < 4.78 is 5.26. The molecular weight excluding hydrogens is 308 g/mol. The first-order chi connectivity index (χ1) is 9.82. The number of nitrogens with one attached hydrogen (secondary N) is 1. The van der Waals surface area contributed by atoms with Crippen LogP contribution >= 0.6 is 23.8 Å². The summed E-state index contributed by atoms with van der Waals surface area (Å²) in [7, 11) is 1.52. The molecule has 0 atom stereocenters. The molecule has 4 nitrogen and oxygen atoms in total. The molecule has 0 aliphatic heterocycles. The second-order valence-electron chi connectivity index (χ2n) is 4.91. The van der Waals surface area contributed by atoms with Gasteiger partial charge in [0.1, 0.15) is 5.75 Å². The predicted octanol–water partition coefficient (Wildman–Crippen LogP) is 3.69. The number of nitrogens with two attached hydrogens (primary N) is 1. The zero-order valence-corrected chi connectivity index (χ0v) is 14.3. The Morgan fingerprint density at radius 2 is 2.00 bits per heavy atom. The number of methoxy groups -OCH3 is 1. The number of hydrogen-bond donors (Lipinski definition) is 2. The summed E-state index contributed by atoms with van der Waals surface area (Å²) >= 11 is 11.2. The van der Waals surface area contributed by atoms with Crippen LogP contribution in [0.4, 0.5) is 5.69 Å². The molecule has 0 saturated carbocycles. The molecule has 0 radical (unpaired) electrons. The van der Waals surface area contributed by atoms with Gasteiger partial charge in [-0.3, -0.25) is 4.79 Å². The molecule has 0 aliphatic carbocycles. The molecule has 1 rings (SSSR count). The molecule has 0 spiro atoms. The van der Waals surface area contributed by atoms with Gasteiger partial charge in [0.25, 0.3) is 0 Å². The maximum Gasteiger partial charge on any atom is 0.237 e. The predicted molar refractivity (Wildman–Crippen MR) is 91.2 cm³/mol. The van der Waals surface area contributed by atoms with E-state index in [0.717, 1.165) is 5.56 Å². The van der Waals surface area contributed by atoms with E-state index >= 15 is 0 Å². The lowest BCUT2D eigenvalue weighted by Crippen LogP contribution is -2.45. The number of anilines is 1. The largest absolute Gasteiger partial charge is 0.495 e. The standard InChI is InChI=1S/C15H21ClN2O2S/c1-5-15(6-2,13(17)21)14(19)18-11-7-9(3)10(16)8-12(11)20-4/h7-8H,5-6H2,1-4H3,(H2,17,21)(H,18,19). The topological polar surface area (TPSA) is 64.3 Å². The SMILES string of the molecule is CCC(CC)(C(=O)Nc1cc(C)c(Cl)cc1OC)C(N)=S. The van der Waals surface area contributed by atoms with Gasteiger partial charge in [-0.15, -0.1) is 0 Å². The van der Waals surface area contributed by atoms with Crippen molar-refractivity contribution in [3.8, 4) is 5.75 Å². The molecule has 1 aromatic rings. The summed E-state index contributed by atoms with van der Waals surface area (Å²) in [6, 6.07) is 3.45. The Morgan fingerprint density at radius 3 is 2.43 bits per heavy atom. The van der Waals surface area contributed by atoms with Crippen molar-refractivity contribution >= 4 is 40.4 Å². The lowest BCUT2D eigenvalue weighted by atomic mass is 9.81. The van der Waals surface area contributed by atoms with Crippen molar-refractivity contribution in [2.75, 3.05) is 12.4 Å². The van der Waals surface area contributed by atoms with Gasteiger partial charge in [0.05, 0.1) is 23.2 Å². The zero-order valence-electron chi connectivity index (χ0n) is 12.7. The maximum atomic E-state index is 12.6. The monoisotopic (exact) mass is 328 g/mol. The summed E-state index contributed by atoms with van der Waals surface area (Å²) in [6.45, 7) is 5.65. The minimum absolute atomic E-state index is 0.203. The van der Waals surface area contributed by atoms with Crippen LogP contribution in [0.3, 0.4) is 0 Å². The van der Waals surface area contributed by atoms with E-state index in [0.29, 0.717) is 29.3 Å². The van der Waals surface area contributed by atoms with Gasteiger partial charge < -0.3 is 15.8 Å². The Kier molecular flexibility index (Phi) is 5.98. The Labute approximate surface area is 136 Å². The molecular formula is C15H21ClN2O2S. The van der Waals surface area contributed by atoms with E-state index in [-0.39, 0.29) is 10.9 Å². The number of rotatable bonds is 6. The first kappa shape index (κ1) is 17.7. The fourth-order valence-corrected chi connectivity index (χ4v) is 2.74. The van der Waals surface area contributed by atoms with Crippen LogP contribution in [0.15, 0.2) is 12.1 Å². The van der Waals surface area contributed by atoms with Gasteiger partial charge in [-0.25, -0.2) is 0 Å². The molecule has 1 aromatic carbocycles. The highest BCUT2D eigenvalue weighted by Gasteiger charge is 2.38. The molecule has 21 heavy (non-hydrogen) atoms. The minimum atomic E-state index is -0.853. The average Bonchev–Trinajstić information content (AvgIpc) is 2.44. The number of aryl methyl sites for hydroxylation is 1. The number of benzene rings is 1. The van der Waals surface area contributed by atoms with Crippen LogP contribution in [0.5, 0.6) is 5.75 Å². The quantitative estimate of drug-likeness (QED) is 0.782. The number of thiocarbonyl (C=S) groups is 1. The van der Waals surface area contributed by atoms with Crippen LogP contribution in [-0.2, 0) is 4.79 Å². The molecule has 0 fully saturated rings. The first-order valence-corrected chi connectivity index (χ1v) is 7.56. The van der Waals surface area contributed by atoms with Gasteiger partial charge in [-0.2, -0.15) is 0 Å². The summed E-state index contributed by atoms with van der Waals surface area (Å²) in [5.41, 5.74) is 6.35. The van der Waals surface area contributed by atoms with Gasteiger partial charge in [0.2, 0.25) is 5.91 Å². The van der Waals surface area contributed by atoms with Crippen LogP contribution in [0, 0.1) is 12.3 Å². The van der Waals surface area contributed by atoms with E-state index in [4.69, 9.17) is 34.3 Å². The maximum absolute atomic E-state index is 12.6. The van der Waals surface area contributed by atoms with Gasteiger partial charge in [0.15, 0.2) is 0 Å². The minimum Gasteiger partial charge on any atom is -0.495 e. The molecule has 0 bridgehead atoms. The van der Waals surface area contributed by atoms with Crippen molar-refractivity contribution in [3.05, 3.63) is 22.7 Å². The van der Waals surface area contributed by atoms with Crippen LogP contribution in [0.25, 0.3) is 0 Å². The fraction of sp³-hybridized carbons (Fsp3) is 0.467. The van der Waals surface area contributed by atoms with Crippen molar-refractivity contribution in [3.63, 3.8) is 0 Å². The van der Waals surface area contributed by atoms with Gasteiger partial charge >= 0.3 is 0 Å². The van der Waals surface area contributed by atoms with Crippen LogP contribution in [-0.4, -0.2) is 18.0 Å². The summed E-state index contributed by atoms with van der Waals surface area (Å²) in [5.74, 6) is 0.281. The van der Waals surface area contributed by atoms with Crippen molar-refractivity contribution < 1.29 is 9.53 Å². The lowest BCUT2D eigenvalue weighted by molar-refractivity contribution is -0.122. The number of halogens is 1. The molecule has 1 amide bonds. The van der Waals surface area contributed by atoms with Crippen LogP contribution in [0.1, 0.15) is 32.3 Å². The summed E-state index contributed by atoms with van der Waals surface area (Å²) in [6.07, 6.45) is 1.08. The van der Waals surface area contributed by atoms with Gasteiger partial charge in [0, 0.05) is 11.1 Å². The smallest absolute Gasteiger partial charge is 0.237 e. The molecule has 6 heteroatoms. The second-order valence-corrected chi connectivity index (χ2v) is 5.76. The van der Waals surface area contributed by atoms with Crippen molar-refractivity contribution in [2.45, 2.75) is 33.6 Å². The van der Waals surface area contributed by atoms with E-state index < -0.39 is 5.41 Å². The number of carbonyl (C=O) groups excluding carboxylic acids is 1. The highest BCUT2D eigenvalue weighted by molar-refractivity contribution is 7.80. The molecule has 0 aliphatic rings. The highest BCUT2D eigenvalue weighted by atomic mass is 35.5. The Morgan fingerprint density at radius 1 is 1.43 bits per heavy atom. The van der Waals surface area contributed by atoms with Crippen LogP contribution < -0.4 is 15.8 Å². The van der Waals surface area contributed by atoms with E-state index in [1.807, 2.05) is 20.8 Å². The number of hydrogen-bond acceptors (Lipinski definition) is 3. The molecule has 0 aromatic heterocycles. The highest BCUT2D eigenvalue weighted by Crippen LogP contribution is 2.34. The Hall–Kier alpha value is -1.33. The fourth-order valence-electron chi connectivity index (χ4n) is 2.20. The molecule has 0 unspecified atom stereocenters. The number of amides is 1. The molecule has 116 valence electrons. The van der Waals surface area contributed by atoms with E-state index in [2.05, 4.69) is 5.32 Å². The Balaban J connectivity index is 3.18. The summed E-state index contributed by atoms with van der Waals surface area (Å²) in [4.78, 5) is 12.8. The van der Waals surface area contributed by atoms with Gasteiger partial charge in [-0.05, 0) is 31.4 Å². The zero-order chi connectivity index (χ0) is 16.2. The Bertz CT molecular complexity index is 557.